The van der Waals surface area contributed by atoms with Crippen molar-refractivity contribution in [3.05, 3.63) is 53.4 Å². The monoisotopic (exact) mass is 275 g/mol. The van der Waals surface area contributed by atoms with Crippen LogP contribution in [0, 0.1) is 12.3 Å². The van der Waals surface area contributed by atoms with E-state index in [9.17, 15) is 0 Å². The Morgan fingerprint density at radius 3 is 2.67 bits per heavy atom. The maximum atomic E-state index is 7.87. The largest absolute Gasteiger partial charge is 0.453 e. The smallest absolute Gasteiger partial charge is 0.155 e. The van der Waals surface area contributed by atoms with Crippen molar-refractivity contribution in [2.75, 3.05) is 5.73 Å². The molecule has 3 N–H and O–H groups in total. The SMILES string of the molecule is Cc1cc2nc3c(cc(N)c4ccccc43)oc-2cc1=N. The van der Waals surface area contributed by atoms with E-state index < -0.39 is 0 Å². The zero-order valence-corrected chi connectivity index (χ0v) is 11.5. The molecule has 2 aromatic rings. The van der Waals surface area contributed by atoms with Gasteiger partial charge in [0, 0.05) is 28.6 Å². The molecule has 1 aliphatic carbocycles. The number of hydrogen-bond donors (Lipinski definition) is 2. The Hall–Kier alpha value is -2.88. The molecule has 0 saturated carbocycles. The number of aryl methyl sites for hydroxylation is 1. The minimum atomic E-state index is 0.446. The first-order valence-corrected chi connectivity index (χ1v) is 6.70. The molecule has 0 saturated heterocycles. The summed E-state index contributed by atoms with van der Waals surface area (Å²) < 4.78 is 5.91. The molecule has 0 amide bonds. The molecule has 0 bridgehead atoms. The van der Waals surface area contributed by atoms with E-state index in [4.69, 9.17) is 20.5 Å². The number of nitrogens with one attached hydrogen (secondary N) is 1. The van der Waals surface area contributed by atoms with E-state index in [0.717, 1.165) is 27.5 Å². The predicted octanol–water partition coefficient (Wildman–Crippen LogP) is 3.46. The summed E-state index contributed by atoms with van der Waals surface area (Å²) in [5, 5.41) is 10.3. The van der Waals surface area contributed by atoms with Crippen LogP contribution in [0.15, 0.2) is 46.9 Å². The van der Waals surface area contributed by atoms with E-state index in [2.05, 4.69) is 0 Å². The molecule has 0 radical (unpaired) electrons. The summed E-state index contributed by atoms with van der Waals surface area (Å²) in [6, 6.07) is 13.3. The third-order valence-corrected chi connectivity index (χ3v) is 3.77. The van der Waals surface area contributed by atoms with Gasteiger partial charge in [-0.05, 0) is 18.6 Å². The number of aromatic nitrogens is 1. The highest BCUT2D eigenvalue weighted by molar-refractivity contribution is 6.09. The summed E-state index contributed by atoms with van der Waals surface area (Å²) >= 11 is 0. The second-order valence-electron chi connectivity index (χ2n) is 5.21. The third-order valence-electron chi connectivity index (χ3n) is 3.77. The van der Waals surface area contributed by atoms with Crippen molar-refractivity contribution in [3.63, 3.8) is 0 Å². The lowest BCUT2D eigenvalue weighted by molar-refractivity contribution is 0.612. The van der Waals surface area contributed by atoms with E-state index in [-0.39, 0.29) is 0 Å². The first-order valence-electron chi connectivity index (χ1n) is 6.70. The second-order valence-corrected chi connectivity index (χ2v) is 5.21. The molecule has 102 valence electrons. The van der Waals surface area contributed by atoms with Gasteiger partial charge in [0.15, 0.2) is 11.3 Å². The van der Waals surface area contributed by atoms with Crippen molar-refractivity contribution >= 4 is 27.6 Å². The molecule has 1 aliphatic heterocycles. The van der Waals surface area contributed by atoms with Crippen molar-refractivity contribution < 1.29 is 4.42 Å². The van der Waals surface area contributed by atoms with Crippen molar-refractivity contribution in [3.8, 4) is 11.5 Å². The van der Waals surface area contributed by atoms with E-state index >= 15 is 0 Å². The van der Waals surface area contributed by atoms with Crippen LogP contribution in [-0.4, -0.2) is 4.98 Å². The van der Waals surface area contributed by atoms with Crippen LogP contribution in [0.4, 0.5) is 5.69 Å². The Kier molecular flexibility index (Phi) is 2.30. The number of nitrogen functional groups attached to an aromatic ring is 1. The zero-order chi connectivity index (χ0) is 14.6. The van der Waals surface area contributed by atoms with Gasteiger partial charge in [-0.2, -0.15) is 0 Å². The lowest BCUT2D eigenvalue weighted by atomic mass is 10.1. The van der Waals surface area contributed by atoms with Crippen LogP contribution >= 0.6 is 0 Å². The summed E-state index contributed by atoms with van der Waals surface area (Å²) in [5.41, 5.74) is 9.83. The van der Waals surface area contributed by atoms with Gasteiger partial charge in [0.1, 0.15) is 11.2 Å². The molecular formula is C17H13N3O. The van der Waals surface area contributed by atoms with Crippen LogP contribution in [0.5, 0.6) is 0 Å². The highest BCUT2D eigenvalue weighted by Crippen LogP contribution is 2.32. The van der Waals surface area contributed by atoms with E-state index in [0.29, 0.717) is 22.4 Å². The fourth-order valence-corrected chi connectivity index (χ4v) is 2.64. The van der Waals surface area contributed by atoms with Gasteiger partial charge in [0.05, 0.1) is 5.36 Å². The molecule has 0 spiro atoms. The van der Waals surface area contributed by atoms with Gasteiger partial charge in [-0.3, -0.25) is 0 Å². The molecule has 0 atom stereocenters. The first-order chi connectivity index (χ1) is 10.1. The second kappa shape index (κ2) is 4.06. The van der Waals surface area contributed by atoms with Gasteiger partial charge in [0.25, 0.3) is 0 Å². The van der Waals surface area contributed by atoms with Gasteiger partial charge in [-0.25, -0.2) is 4.98 Å². The maximum absolute atomic E-state index is 7.87. The van der Waals surface area contributed by atoms with Crippen LogP contribution in [0.2, 0.25) is 0 Å². The molecule has 21 heavy (non-hydrogen) atoms. The molecule has 0 aromatic heterocycles. The van der Waals surface area contributed by atoms with Crippen LogP contribution in [0.3, 0.4) is 0 Å². The number of anilines is 1. The maximum Gasteiger partial charge on any atom is 0.155 e. The number of fused-ring (bicyclic) bond motifs is 4. The third kappa shape index (κ3) is 1.69. The standard InChI is InChI=1S/C17H13N3O/c1-9-6-14-15(7-12(9)18)21-16-8-13(19)10-4-2-3-5-11(10)17(16)20-14/h2-8,18H,19H2,1H3. The summed E-state index contributed by atoms with van der Waals surface area (Å²) in [6.07, 6.45) is 0. The quantitative estimate of drug-likeness (QED) is 0.293. The highest BCUT2D eigenvalue weighted by Gasteiger charge is 2.13. The number of hydrogen-bond acceptors (Lipinski definition) is 4. The lowest BCUT2D eigenvalue weighted by Gasteiger charge is -2.10. The van der Waals surface area contributed by atoms with Gasteiger partial charge >= 0.3 is 0 Å². The average Bonchev–Trinajstić information content (AvgIpc) is 2.48. The predicted molar refractivity (Wildman–Crippen MR) is 83.1 cm³/mol. The molecule has 4 rings (SSSR count). The molecule has 0 fully saturated rings. The summed E-state index contributed by atoms with van der Waals surface area (Å²) in [7, 11) is 0. The Bertz CT molecular complexity index is 1030. The summed E-state index contributed by atoms with van der Waals surface area (Å²) in [4.78, 5) is 4.72. The number of rotatable bonds is 0. The fourth-order valence-electron chi connectivity index (χ4n) is 2.64. The van der Waals surface area contributed by atoms with Crippen LogP contribution in [-0.2, 0) is 0 Å². The number of benzene rings is 3. The average molecular weight is 275 g/mol. The van der Waals surface area contributed by atoms with Crippen molar-refractivity contribution in [1.29, 1.82) is 5.41 Å². The van der Waals surface area contributed by atoms with Gasteiger partial charge in [-0.15, -0.1) is 0 Å². The molecule has 2 aliphatic rings. The topological polar surface area (TPSA) is 75.9 Å². The summed E-state index contributed by atoms with van der Waals surface area (Å²) in [6.45, 7) is 1.90. The number of nitrogens with zero attached hydrogens (tertiary/aromatic N) is 1. The Morgan fingerprint density at radius 1 is 1.10 bits per heavy atom. The van der Waals surface area contributed by atoms with Gasteiger partial charge in [0.2, 0.25) is 0 Å². The molecule has 1 heterocycles. The van der Waals surface area contributed by atoms with Crippen LogP contribution in [0.25, 0.3) is 33.3 Å². The molecule has 4 nitrogen and oxygen atoms in total. The lowest BCUT2D eigenvalue weighted by Crippen LogP contribution is -2.05. The minimum absolute atomic E-state index is 0.446. The highest BCUT2D eigenvalue weighted by atomic mass is 16.3. The van der Waals surface area contributed by atoms with Gasteiger partial charge < -0.3 is 15.6 Å². The molecular weight excluding hydrogens is 262 g/mol. The Morgan fingerprint density at radius 2 is 1.86 bits per heavy atom. The van der Waals surface area contributed by atoms with Gasteiger partial charge in [-0.1, -0.05) is 24.3 Å². The molecule has 0 unspecified atom stereocenters. The summed E-state index contributed by atoms with van der Waals surface area (Å²) in [5.74, 6) is 0.604. The van der Waals surface area contributed by atoms with E-state index in [1.54, 1.807) is 12.1 Å². The van der Waals surface area contributed by atoms with Crippen molar-refractivity contribution in [1.82, 2.24) is 4.98 Å². The van der Waals surface area contributed by atoms with Crippen molar-refractivity contribution in [2.24, 2.45) is 0 Å². The first kappa shape index (κ1) is 11.9. The Labute approximate surface area is 120 Å². The van der Waals surface area contributed by atoms with Crippen LogP contribution in [0.1, 0.15) is 5.56 Å². The zero-order valence-electron chi connectivity index (χ0n) is 11.5. The van der Waals surface area contributed by atoms with E-state index in [1.807, 2.05) is 37.3 Å². The van der Waals surface area contributed by atoms with Crippen LogP contribution < -0.4 is 11.1 Å². The fraction of sp³-hybridized carbons (Fsp3) is 0.0588. The normalized spacial score (nSPS) is 11.5. The van der Waals surface area contributed by atoms with Crippen molar-refractivity contribution in [2.45, 2.75) is 6.92 Å². The Balaban J connectivity index is 2.25. The molecule has 2 aromatic carbocycles. The van der Waals surface area contributed by atoms with E-state index in [1.165, 1.54) is 0 Å². The number of nitrogens with two attached hydrogens (primary N) is 1. The minimum Gasteiger partial charge on any atom is -0.453 e. The molecule has 4 heteroatoms.